The fourth-order valence-electron chi connectivity index (χ4n) is 2.84. The number of rotatable bonds is 17. The third-order valence-electron chi connectivity index (χ3n) is 4.35. The molecular formula is C19H40O2. The molecule has 2 heteroatoms. The molecule has 21 heavy (non-hydrogen) atoms. The second kappa shape index (κ2) is 18.0. The molecular weight excluding hydrogens is 260 g/mol. The van der Waals surface area contributed by atoms with E-state index in [0.29, 0.717) is 0 Å². The van der Waals surface area contributed by atoms with Gasteiger partial charge in [0.05, 0.1) is 12.7 Å². The Hall–Kier alpha value is -0.0800. The highest BCUT2D eigenvalue weighted by Crippen LogP contribution is 2.13. The first kappa shape index (κ1) is 20.9. The van der Waals surface area contributed by atoms with Crippen LogP contribution < -0.4 is 0 Å². The highest BCUT2D eigenvalue weighted by atomic mass is 16.3. The zero-order valence-electron chi connectivity index (χ0n) is 14.5. The molecule has 1 atom stereocenters. The van der Waals surface area contributed by atoms with E-state index in [4.69, 9.17) is 5.11 Å². The molecule has 128 valence electrons. The van der Waals surface area contributed by atoms with E-state index in [0.717, 1.165) is 12.8 Å². The minimum absolute atomic E-state index is 0.0847. The van der Waals surface area contributed by atoms with Gasteiger partial charge in [-0.05, 0) is 6.42 Å². The molecule has 0 spiro atoms. The van der Waals surface area contributed by atoms with Gasteiger partial charge in [0, 0.05) is 0 Å². The summed E-state index contributed by atoms with van der Waals surface area (Å²) in [5.74, 6) is 0. The van der Waals surface area contributed by atoms with Crippen molar-refractivity contribution >= 4 is 0 Å². The van der Waals surface area contributed by atoms with E-state index < -0.39 is 6.10 Å². The molecule has 0 fully saturated rings. The highest BCUT2D eigenvalue weighted by Gasteiger charge is 2.00. The minimum Gasteiger partial charge on any atom is -0.394 e. The smallest absolute Gasteiger partial charge is 0.0770 e. The predicted octanol–water partition coefficient (Wildman–Crippen LogP) is 5.60. The molecule has 2 nitrogen and oxygen atoms in total. The van der Waals surface area contributed by atoms with E-state index in [2.05, 4.69) is 6.92 Å². The van der Waals surface area contributed by atoms with Crippen LogP contribution in [-0.4, -0.2) is 22.9 Å². The summed E-state index contributed by atoms with van der Waals surface area (Å²) in [6, 6.07) is 0. The minimum atomic E-state index is -0.494. The van der Waals surface area contributed by atoms with Crippen molar-refractivity contribution < 1.29 is 10.2 Å². The summed E-state index contributed by atoms with van der Waals surface area (Å²) >= 11 is 0. The molecule has 0 aromatic rings. The van der Waals surface area contributed by atoms with Gasteiger partial charge in [-0.25, -0.2) is 0 Å². The van der Waals surface area contributed by atoms with Crippen LogP contribution in [-0.2, 0) is 0 Å². The van der Waals surface area contributed by atoms with E-state index >= 15 is 0 Å². The van der Waals surface area contributed by atoms with Crippen LogP contribution in [0.1, 0.15) is 110 Å². The Morgan fingerprint density at radius 1 is 0.571 bits per heavy atom. The number of hydrogen-bond acceptors (Lipinski definition) is 2. The molecule has 2 N–H and O–H groups in total. The topological polar surface area (TPSA) is 40.5 Å². The lowest BCUT2D eigenvalue weighted by Crippen LogP contribution is -2.10. The van der Waals surface area contributed by atoms with Crippen LogP contribution >= 0.6 is 0 Å². The van der Waals surface area contributed by atoms with Gasteiger partial charge in [-0.1, -0.05) is 103 Å². The van der Waals surface area contributed by atoms with Crippen molar-refractivity contribution in [3.8, 4) is 0 Å². The van der Waals surface area contributed by atoms with Crippen LogP contribution in [0.4, 0.5) is 0 Å². The van der Waals surface area contributed by atoms with E-state index in [-0.39, 0.29) is 6.61 Å². The molecule has 0 saturated carbocycles. The quantitative estimate of drug-likeness (QED) is 0.343. The van der Waals surface area contributed by atoms with Gasteiger partial charge in [0.25, 0.3) is 0 Å². The first-order chi connectivity index (χ1) is 10.3. The normalized spacial score (nSPS) is 12.7. The lowest BCUT2D eigenvalue weighted by molar-refractivity contribution is 0.0860. The van der Waals surface area contributed by atoms with E-state index in [9.17, 15) is 5.11 Å². The molecule has 0 rings (SSSR count). The Morgan fingerprint density at radius 2 is 0.905 bits per heavy atom. The average Bonchev–Trinajstić information content (AvgIpc) is 2.50. The van der Waals surface area contributed by atoms with Gasteiger partial charge in [-0.15, -0.1) is 0 Å². The SMILES string of the molecule is CCCCCCCCCCCCCCCCCC(O)CO. The molecule has 0 amide bonds. The molecule has 0 saturated heterocycles. The van der Waals surface area contributed by atoms with Crippen molar-refractivity contribution in [1.29, 1.82) is 0 Å². The van der Waals surface area contributed by atoms with Gasteiger partial charge in [0.15, 0.2) is 0 Å². The van der Waals surface area contributed by atoms with Crippen molar-refractivity contribution in [3.63, 3.8) is 0 Å². The fourth-order valence-corrected chi connectivity index (χ4v) is 2.84. The third kappa shape index (κ3) is 17.9. The standard InChI is InChI=1S/C19H40O2/c1-2-3-4-5-6-7-8-9-10-11-12-13-14-15-16-17-19(21)18-20/h19-21H,2-18H2,1H3. The van der Waals surface area contributed by atoms with Gasteiger partial charge in [0.1, 0.15) is 0 Å². The van der Waals surface area contributed by atoms with Crippen molar-refractivity contribution in [1.82, 2.24) is 0 Å². The summed E-state index contributed by atoms with van der Waals surface area (Å²) in [6.07, 6.45) is 20.7. The molecule has 0 aromatic carbocycles. The molecule has 0 bridgehead atoms. The molecule has 0 aliphatic heterocycles. The van der Waals surface area contributed by atoms with Gasteiger partial charge in [0.2, 0.25) is 0 Å². The molecule has 1 unspecified atom stereocenters. The second-order valence-corrected chi connectivity index (χ2v) is 6.57. The van der Waals surface area contributed by atoms with Crippen LogP contribution in [0.15, 0.2) is 0 Å². The lowest BCUT2D eigenvalue weighted by atomic mass is 10.0. The first-order valence-corrected chi connectivity index (χ1v) is 9.60. The zero-order valence-corrected chi connectivity index (χ0v) is 14.5. The van der Waals surface area contributed by atoms with Gasteiger partial charge < -0.3 is 10.2 Å². The van der Waals surface area contributed by atoms with Gasteiger partial charge in [-0.2, -0.15) is 0 Å². The highest BCUT2D eigenvalue weighted by molar-refractivity contribution is 4.54. The Balaban J connectivity index is 2.96. The number of aliphatic hydroxyl groups is 2. The first-order valence-electron chi connectivity index (χ1n) is 9.60. The van der Waals surface area contributed by atoms with E-state index in [1.807, 2.05) is 0 Å². The summed E-state index contributed by atoms with van der Waals surface area (Å²) < 4.78 is 0. The summed E-state index contributed by atoms with van der Waals surface area (Å²) in [7, 11) is 0. The van der Waals surface area contributed by atoms with Crippen LogP contribution in [0.2, 0.25) is 0 Å². The Labute approximate surface area is 133 Å². The van der Waals surface area contributed by atoms with Crippen molar-refractivity contribution in [2.24, 2.45) is 0 Å². The molecule has 0 aliphatic rings. The van der Waals surface area contributed by atoms with Crippen molar-refractivity contribution in [2.75, 3.05) is 6.61 Å². The second-order valence-electron chi connectivity index (χ2n) is 6.57. The lowest BCUT2D eigenvalue weighted by Gasteiger charge is -2.06. The van der Waals surface area contributed by atoms with Gasteiger partial charge >= 0.3 is 0 Å². The van der Waals surface area contributed by atoms with Crippen molar-refractivity contribution in [2.45, 2.75) is 116 Å². The van der Waals surface area contributed by atoms with Crippen LogP contribution in [0.25, 0.3) is 0 Å². The Morgan fingerprint density at radius 3 is 1.24 bits per heavy atom. The summed E-state index contributed by atoms with van der Waals surface area (Å²) in [5.41, 5.74) is 0. The number of unbranched alkanes of at least 4 members (excludes halogenated alkanes) is 14. The zero-order chi connectivity index (χ0) is 15.6. The van der Waals surface area contributed by atoms with Crippen LogP contribution in [0, 0.1) is 0 Å². The fraction of sp³-hybridized carbons (Fsp3) is 1.00. The van der Waals surface area contributed by atoms with E-state index in [1.165, 1.54) is 89.9 Å². The maximum Gasteiger partial charge on any atom is 0.0770 e. The Bertz CT molecular complexity index is 182. The molecule has 0 aromatic heterocycles. The predicted molar refractivity (Wildman–Crippen MR) is 92.6 cm³/mol. The molecule has 0 aliphatic carbocycles. The van der Waals surface area contributed by atoms with Crippen LogP contribution in [0.5, 0.6) is 0 Å². The van der Waals surface area contributed by atoms with Gasteiger partial charge in [-0.3, -0.25) is 0 Å². The monoisotopic (exact) mass is 300 g/mol. The van der Waals surface area contributed by atoms with E-state index in [1.54, 1.807) is 0 Å². The maximum atomic E-state index is 9.21. The largest absolute Gasteiger partial charge is 0.394 e. The molecule has 0 radical (unpaired) electrons. The maximum absolute atomic E-state index is 9.21. The third-order valence-corrected chi connectivity index (χ3v) is 4.35. The summed E-state index contributed by atoms with van der Waals surface area (Å²) in [5, 5.41) is 17.9. The number of aliphatic hydroxyl groups excluding tert-OH is 2. The summed E-state index contributed by atoms with van der Waals surface area (Å²) in [4.78, 5) is 0. The Kier molecular flexibility index (Phi) is 17.9. The van der Waals surface area contributed by atoms with Crippen LogP contribution in [0.3, 0.4) is 0 Å². The summed E-state index contributed by atoms with van der Waals surface area (Å²) in [6.45, 7) is 2.19. The molecule has 0 heterocycles. The average molecular weight is 301 g/mol. The van der Waals surface area contributed by atoms with Crippen molar-refractivity contribution in [3.05, 3.63) is 0 Å². The number of hydrogen-bond donors (Lipinski definition) is 2.